The number of hydrogen-bond donors (Lipinski definition) is 1. The van der Waals surface area contributed by atoms with E-state index in [1.165, 1.54) is 5.56 Å². The van der Waals surface area contributed by atoms with Gasteiger partial charge in [0.1, 0.15) is 0 Å². The van der Waals surface area contributed by atoms with Gasteiger partial charge in [0.15, 0.2) is 0 Å². The first-order valence-corrected chi connectivity index (χ1v) is 6.02. The number of aryl methyl sites for hydroxylation is 2. The van der Waals surface area contributed by atoms with Crippen molar-refractivity contribution in [1.29, 1.82) is 0 Å². The van der Waals surface area contributed by atoms with Crippen LogP contribution in [0.2, 0.25) is 0 Å². The molecule has 1 N–H and O–H groups in total. The summed E-state index contributed by atoms with van der Waals surface area (Å²) >= 11 is 0. The van der Waals surface area contributed by atoms with Crippen LogP contribution in [0.3, 0.4) is 0 Å². The molecule has 4 nitrogen and oxygen atoms in total. The highest BCUT2D eigenvalue weighted by atomic mass is 16.4. The van der Waals surface area contributed by atoms with E-state index in [9.17, 15) is 4.79 Å². The number of aliphatic carboxylic acids is 1. The summed E-state index contributed by atoms with van der Waals surface area (Å²) in [7, 11) is 0. The van der Waals surface area contributed by atoms with Crippen molar-refractivity contribution in [3.63, 3.8) is 0 Å². The number of carboxylic acids is 1. The fourth-order valence-corrected chi connectivity index (χ4v) is 2.03. The van der Waals surface area contributed by atoms with E-state index in [2.05, 4.69) is 11.2 Å². The molecule has 0 atom stereocenters. The van der Waals surface area contributed by atoms with E-state index >= 15 is 0 Å². The third-order valence-electron chi connectivity index (χ3n) is 3.03. The van der Waals surface area contributed by atoms with Gasteiger partial charge >= 0.3 is 5.97 Å². The predicted octanol–water partition coefficient (Wildman–Crippen LogP) is 2.90. The van der Waals surface area contributed by atoms with Crippen LogP contribution in [0.15, 0.2) is 30.5 Å². The number of aromatic nitrogens is 2. The molecule has 98 valence electrons. The second-order valence-electron chi connectivity index (χ2n) is 4.56. The summed E-state index contributed by atoms with van der Waals surface area (Å²) in [6.07, 6.45) is 4.36. The second-order valence-corrected chi connectivity index (χ2v) is 4.56. The van der Waals surface area contributed by atoms with Crippen LogP contribution in [0, 0.1) is 20.8 Å². The van der Waals surface area contributed by atoms with E-state index < -0.39 is 5.97 Å². The predicted molar refractivity (Wildman–Crippen MR) is 74.4 cm³/mol. The number of carbonyl (C=O) groups is 1. The average Bonchev–Trinajstić information content (AvgIpc) is 2.68. The average molecular weight is 256 g/mol. The van der Waals surface area contributed by atoms with E-state index in [4.69, 9.17) is 5.11 Å². The first kappa shape index (κ1) is 13.1. The summed E-state index contributed by atoms with van der Waals surface area (Å²) in [5, 5.41) is 13.0. The molecule has 0 aliphatic heterocycles. The number of rotatable bonds is 3. The van der Waals surface area contributed by atoms with Gasteiger partial charge in [0.05, 0.1) is 11.9 Å². The van der Waals surface area contributed by atoms with Crippen LogP contribution in [-0.4, -0.2) is 20.9 Å². The first-order chi connectivity index (χ1) is 8.99. The largest absolute Gasteiger partial charge is 0.478 e. The normalized spacial score (nSPS) is 11.1. The quantitative estimate of drug-likeness (QED) is 0.859. The smallest absolute Gasteiger partial charge is 0.328 e. The highest BCUT2D eigenvalue weighted by Gasteiger charge is 2.08. The summed E-state index contributed by atoms with van der Waals surface area (Å²) in [6.45, 7) is 6.01. The van der Waals surface area contributed by atoms with Crippen LogP contribution in [-0.2, 0) is 4.79 Å². The van der Waals surface area contributed by atoms with Crippen LogP contribution < -0.4 is 0 Å². The fourth-order valence-electron chi connectivity index (χ4n) is 2.03. The summed E-state index contributed by atoms with van der Waals surface area (Å²) < 4.78 is 1.83. The maximum Gasteiger partial charge on any atom is 0.328 e. The zero-order chi connectivity index (χ0) is 14.0. The molecule has 19 heavy (non-hydrogen) atoms. The maximum atomic E-state index is 10.5. The van der Waals surface area contributed by atoms with Crippen molar-refractivity contribution in [3.8, 4) is 5.69 Å². The Hall–Kier alpha value is -2.36. The molecule has 0 saturated carbocycles. The molecule has 2 rings (SSSR count). The van der Waals surface area contributed by atoms with Crippen molar-refractivity contribution in [2.75, 3.05) is 0 Å². The molecule has 0 spiro atoms. The Morgan fingerprint density at radius 1 is 1.32 bits per heavy atom. The molecule has 4 heteroatoms. The van der Waals surface area contributed by atoms with Crippen LogP contribution in [0.25, 0.3) is 11.8 Å². The van der Waals surface area contributed by atoms with Gasteiger partial charge in [0.2, 0.25) is 0 Å². The Labute approximate surface area is 112 Å². The van der Waals surface area contributed by atoms with E-state index in [1.54, 1.807) is 12.3 Å². The van der Waals surface area contributed by atoms with E-state index in [1.807, 2.05) is 37.6 Å². The summed E-state index contributed by atoms with van der Waals surface area (Å²) in [4.78, 5) is 10.5. The van der Waals surface area contributed by atoms with Gasteiger partial charge in [-0.05, 0) is 38.5 Å². The first-order valence-electron chi connectivity index (χ1n) is 6.02. The lowest BCUT2D eigenvalue weighted by molar-refractivity contribution is -0.131. The minimum atomic E-state index is -0.960. The van der Waals surface area contributed by atoms with Crippen molar-refractivity contribution in [2.45, 2.75) is 20.8 Å². The minimum Gasteiger partial charge on any atom is -0.478 e. The molecular formula is C15H16N2O2. The zero-order valence-electron chi connectivity index (χ0n) is 11.2. The molecule has 0 aliphatic rings. The maximum absolute atomic E-state index is 10.5. The molecule has 2 aromatic rings. The van der Waals surface area contributed by atoms with Crippen LogP contribution in [0.4, 0.5) is 0 Å². The van der Waals surface area contributed by atoms with Gasteiger partial charge < -0.3 is 5.11 Å². The highest BCUT2D eigenvalue weighted by Crippen LogP contribution is 2.19. The highest BCUT2D eigenvalue weighted by molar-refractivity contribution is 5.85. The van der Waals surface area contributed by atoms with Crippen molar-refractivity contribution in [3.05, 3.63) is 52.9 Å². The molecule has 1 aromatic carbocycles. The SMILES string of the molecule is Cc1ccc(-n2ncc(/C=C/C(=O)O)c2C)c(C)c1. The molecule has 0 radical (unpaired) electrons. The topological polar surface area (TPSA) is 55.1 Å². The Kier molecular flexibility index (Phi) is 3.51. The van der Waals surface area contributed by atoms with Crippen molar-refractivity contribution in [2.24, 2.45) is 0 Å². The lowest BCUT2D eigenvalue weighted by Crippen LogP contribution is -2.01. The molecule has 1 heterocycles. The number of carboxylic acid groups (broad SMARTS) is 1. The molecule has 0 amide bonds. The molecule has 1 aromatic heterocycles. The fraction of sp³-hybridized carbons (Fsp3) is 0.200. The van der Waals surface area contributed by atoms with Gasteiger partial charge in [0, 0.05) is 17.3 Å². The van der Waals surface area contributed by atoms with Crippen molar-refractivity contribution in [1.82, 2.24) is 9.78 Å². The number of benzene rings is 1. The van der Waals surface area contributed by atoms with Crippen LogP contribution in [0.5, 0.6) is 0 Å². The third kappa shape index (κ3) is 2.73. The van der Waals surface area contributed by atoms with Gasteiger partial charge in [0.25, 0.3) is 0 Å². The lowest BCUT2D eigenvalue weighted by atomic mass is 10.1. The molecule has 0 bridgehead atoms. The minimum absolute atomic E-state index is 0.808. The van der Waals surface area contributed by atoms with E-state index in [0.29, 0.717) is 0 Å². The molecule has 0 aliphatic carbocycles. The zero-order valence-corrected chi connectivity index (χ0v) is 11.2. The number of hydrogen-bond acceptors (Lipinski definition) is 2. The van der Waals surface area contributed by atoms with E-state index in [0.717, 1.165) is 28.6 Å². The Bertz CT molecular complexity index is 654. The van der Waals surface area contributed by atoms with Gasteiger partial charge in [-0.25, -0.2) is 9.48 Å². The van der Waals surface area contributed by atoms with Gasteiger partial charge in [-0.2, -0.15) is 5.10 Å². The molecule has 0 saturated heterocycles. The Morgan fingerprint density at radius 3 is 2.68 bits per heavy atom. The molecule has 0 unspecified atom stereocenters. The van der Waals surface area contributed by atoms with Crippen LogP contribution >= 0.6 is 0 Å². The molecule has 0 fully saturated rings. The summed E-state index contributed by atoms with van der Waals surface area (Å²) in [6, 6.07) is 6.16. The number of nitrogens with zero attached hydrogens (tertiary/aromatic N) is 2. The van der Waals surface area contributed by atoms with Gasteiger partial charge in [-0.1, -0.05) is 17.7 Å². The van der Waals surface area contributed by atoms with Crippen LogP contribution in [0.1, 0.15) is 22.4 Å². The second kappa shape index (κ2) is 5.10. The Balaban J connectivity index is 2.44. The van der Waals surface area contributed by atoms with Gasteiger partial charge in [-0.3, -0.25) is 0 Å². The van der Waals surface area contributed by atoms with Crippen molar-refractivity contribution < 1.29 is 9.90 Å². The van der Waals surface area contributed by atoms with Gasteiger partial charge in [-0.15, -0.1) is 0 Å². The summed E-state index contributed by atoms with van der Waals surface area (Å²) in [5.41, 5.74) is 5.09. The van der Waals surface area contributed by atoms with E-state index in [-0.39, 0.29) is 0 Å². The monoisotopic (exact) mass is 256 g/mol. The third-order valence-corrected chi connectivity index (χ3v) is 3.03. The Morgan fingerprint density at radius 2 is 2.05 bits per heavy atom. The lowest BCUT2D eigenvalue weighted by Gasteiger charge is -2.09. The molecular weight excluding hydrogens is 240 g/mol. The van der Waals surface area contributed by atoms with Crippen molar-refractivity contribution >= 4 is 12.0 Å². The standard InChI is InChI=1S/C15H16N2O2/c1-10-4-6-14(11(2)8-10)17-12(3)13(9-16-17)5-7-15(18)19/h4-9H,1-3H3,(H,18,19)/b7-5+. The summed E-state index contributed by atoms with van der Waals surface area (Å²) in [5.74, 6) is -0.960.